The molecule has 3 nitrogen and oxygen atoms in total. The number of carbonyl (C=O) groups excluding carboxylic acids is 1. The van der Waals surface area contributed by atoms with Crippen molar-refractivity contribution < 1.29 is 9.53 Å². The molecular formula is C13H13NO2. The number of carbonyl (C=O) groups is 1. The van der Waals surface area contributed by atoms with Gasteiger partial charge in [-0.15, -0.1) is 0 Å². The Labute approximate surface area is 94.1 Å². The van der Waals surface area contributed by atoms with E-state index in [4.69, 9.17) is 4.74 Å². The number of rotatable bonds is 1. The number of methoxy groups -OCH3 is 1. The zero-order chi connectivity index (χ0) is 11.7. The Balaban J connectivity index is 2.80. The van der Waals surface area contributed by atoms with E-state index >= 15 is 0 Å². The van der Waals surface area contributed by atoms with Gasteiger partial charge in [0.05, 0.1) is 7.11 Å². The lowest BCUT2D eigenvalue weighted by Crippen LogP contribution is -2.08. The molecule has 16 heavy (non-hydrogen) atoms. The summed E-state index contributed by atoms with van der Waals surface area (Å²) in [6.07, 6.45) is 0. The van der Waals surface area contributed by atoms with E-state index in [1.807, 2.05) is 38.1 Å². The molecule has 2 rings (SSSR count). The normalized spacial score (nSPS) is 10.4. The number of fused-ring (bicyclic) bond motifs is 1. The first-order chi connectivity index (χ1) is 7.65. The number of ether oxygens (including phenoxy) is 1. The van der Waals surface area contributed by atoms with Crippen LogP contribution in [-0.2, 0) is 4.74 Å². The highest BCUT2D eigenvalue weighted by atomic mass is 16.5. The van der Waals surface area contributed by atoms with Gasteiger partial charge in [0.2, 0.25) is 0 Å². The number of hydrogen-bond acceptors (Lipinski definition) is 3. The van der Waals surface area contributed by atoms with Crippen LogP contribution in [-0.4, -0.2) is 18.1 Å². The van der Waals surface area contributed by atoms with Crippen LogP contribution in [0.3, 0.4) is 0 Å². The van der Waals surface area contributed by atoms with Crippen molar-refractivity contribution in [2.75, 3.05) is 7.11 Å². The second-order valence-corrected chi connectivity index (χ2v) is 3.71. The van der Waals surface area contributed by atoms with Gasteiger partial charge in [0.25, 0.3) is 0 Å². The highest BCUT2D eigenvalue weighted by Gasteiger charge is 2.14. The Morgan fingerprint density at radius 1 is 1.19 bits per heavy atom. The summed E-state index contributed by atoms with van der Waals surface area (Å²) >= 11 is 0. The van der Waals surface area contributed by atoms with Crippen LogP contribution in [0.2, 0.25) is 0 Å². The molecule has 1 aromatic heterocycles. The lowest BCUT2D eigenvalue weighted by Gasteiger charge is -2.09. The number of pyridine rings is 1. The third kappa shape index (κ3) is 1.54. The SMILES string of the molecule is COC(=O)c1nc(C)c2ccccc2c1C. The molecule has 0 aliphatic heterocycles. The van der Waals surface area contributed by atoms with Crippen molar-refractivity contribution >= 4 is 16.7 Å². The predicted octanol–water partition coefficient (Wildman–Crippen LogP) is 2.64. The molecule has 3 heteroatoms. The lowest BCUT2D eigenvalue weighted by atomic mass is 10.0. The van der Waals surface area contributed by atoms with Crippen LogP contribution in [0.25, 0.3) is 10.8 Å². The van der Waals surface area contributed by atoms with Crippen molar-refractivity contribution in [2.24, 2.45) is 0 Å². The van der Waals surface area contributed by atoms with Crippen molar-refractivity contribution in [1.29, 1.82) is 0 Å². The molecule has 1 heterocycles. The molecule has 0 saturated carbocycles. The van der Waals surface area contributed by atoms with Crippen molar-refractivity contribution in [2.45, 2.75) is 13.8 Å². The predicted molar refractivity (Wildman–Crippen MR) is 62.6 cm³/mol. The van der Waals surface area contributed by atoms with E-state index in [0.29, 0.717) is 5.69 Å². The first-order valence-corrected chi connectivity index (χ1v) is 5.09. The standard InChI is InChI=1S/C13H13NO2/c1-8-10-6-4-5-7-11(10)9(2)14-12(8)13(15)16-3/h4-7H,1-3H3. The summed E-state index contributed by atoms with van der Waals surface area (Å²) in [5.74, 6) is -0.383. The second-order valence-electron chi connectivity index (χ2n) is 3.71. The third-order valence-electron chi connectivity index (χ3n) is 2.73. The van der Waals surface area contributed by atoms with E-state index in [1.165, 1.54) is 7.11 Å². The van der Waals surface area contributed by atoms with Crippen molar-refractivity contribution in [1.82, 2.24) is 4.98 Å². The summed E-state index contributed by atoms with van der Waals surface area (Å²) in [6.45, 7) is 3.79. The van der Waals surface area contributed by atoms with Crippen LogP contribution in [0.15, 0.2) is 24.3 Å². The molecule has 0 saturated heterocycles. The average molecular weight is 215 g/mol. The summed E-state index contributed by atoms with van der Waals surface area (Å²) < 4.78 is 4.72. The quantitative estimate of drug-likeness (QED) is 0.686. The van der Waals surface area contributed by atoms with E-state index in [9.17, 15) is 4.79 Å². The first kappa shape index (κ1) is 10.6. The smallest absolute Gasteiger partial charge is 0.356 e. The highest BCUT2D eigenvalue weighted by Crippen LogP contribution is 2.23. The summed E-state index contributed by atoms with van der Waals surface area (Å²) in [4.78, 5) is 15.8. The van der Waals surface area contributed by atoms with Crippen molar-refractivity contribution in [3.8, 4) is 0 Å². The molecule has 0 aliphatic carbocycles. The maximum atomic E-state index is 11.5. The molecule has 0 bridgehead atoms. The fraction of sp³-hybridized carbons (Fsp3) is 0.231. The Morgan fingerprint density at radius 3 is 2.44 bits per heavy atom. The number of esters is 1. The van der Waals surface area contributed by atoms with Gasteiger partial charge < -0.3 is 4.74 Å². The molecule has 1 aromatic carbocycles. The minimum atomic E-state index is -0.383. The number of hydrogen-bond donors (Lipinski definition) is 0. The van der Waals surface area contributed by atoms with E-state index in [1.54, 1.807) is 0 Å². The maximum Gasteiger partial charge on any atom is 0.356 e. The summed E-state index contributed by atoms with van der Waals surface area (Å²) in [7, 11) is 1.37. The largest absolute Gasteiger partial charge is 0.464 e. The topological polar surface area (TPSA) is 39.2 Å². The number of aryl methyl sites for hydroxylation is 2. The van der Waals surface area contributed by atoms with E-state index in [2.05, 4.69) is 4.98 Å². The molecule has 0 aliphatic rings. The van der Waals surface area contributed by atoms with Gasteiger partial charge in [-0.1, -0.05) is 24.3 Å². The van der Waals surface area contributed by atoms with Gasteiger partial charge in [-0.2, -0.15) is 0 Å². The van der Waals surface area contributed by atoms with Crippen LogP contribution in [0.4, 0.5) is 0 Å². The Bertz CT molecular complexity index is 561. The summed E-state index contributed by atoms with van der Waals surface area (Å²) in [5, 5.41) is 2.13. The number of aromatic nitrogens is 1. The molecular weight excluding hydrogens is 202 g/mol. The highest BCUT2D eigenvalue weighted by molar-refractivity contribution is 5.97. The molecule has 2 aromatic rings. The fourth-order valence-corrected chi connectivity index (χ4v) is 1.86. The fourth-order valence-electron chi connectivity index (χ4n) is 1.86. The monoisotopic (exact) mass is 215 g/mol. The zero-order valence-corrected chi connectivity index (χ0v) is 9.57. The van der Waals surface area contributed by atoms with Crippen LogP contribution in [0.1, 0.15) is 21.7 Å². The van der Waals surface area contributed by atoms with Gasteiger partial charge in [-0.25, -0.2) is 9.78 Å². The average Bonchev–Trinajstić information content (AvgIpc) is 2.33. The molecule has 0 N–H and O–H groups in total. The van der Waals surface area contributed by atoms with Crippen molar-refractivity contribution in [3.63, 3.8) is 0 Å². The van der Waals surface area contributed by atoms with Gasteiger partial charge in [-0.3, -0.25) is 0 Å². The van der Waals surface area contributed by atoms with Gasteiger partial charge in [0.15, 0.2) is 5.69 Å². The second kappa shape index (κ2) is 3.93. The molecule has 0 unspecified atom stereocenters. The van der Waals surface area contributed by atoms with Gasteiger partial charge in [0.1, 0.15) is 0 Å². The minimum Gasteiger partial charge on any atom is -0.464 e. The molecule has 0 spiro atoms. The van der Waals surface area contributed by atoms with Crippen LogP contribution in [0, 0.1) is 13.8 Å². The number of nitrogens with zero attached hydrogens (tertiary/aromatic N) is 1. The van der Waals surface area contributed by atoms with E-state index in [-0.39, 0.29) is 5.97 Å². The lowest BCUT2D eigenvalue weighted by molar-refractivity contribution is 0.0593. The Kier molecular flexibility index (Phi) is 2.60. The van der Waals surface area contributed by atoms with Crippen LogP contribution < -0.4 is 0 Å². The van der Waals surface area contributed by atoms with E-state index in [0.717, 1.165) is 22.0 Å². The third-order valence-corrected chi connectivity index (χ3v) is 2.73. The molecule has 0 fully saturated rings. The molecule has 0 radical (unpaired) electrons. The van der Waals surface area contributed by atoms with Gasteiger partial charge in [0, 0.05) is 11.1 Å². The Morgan fingerprint density at radius 2 is 1.81 bits per heavy atom. The van der Waals surface area contributed by atoms with Crippen LogP contribution >= 0.6 is 0 Å². The minimum absolute atomic E-state index is 0.383. The summed E-state index contributed by atoms with van der Waals surface area (Å²) in [6, 6.07) is 7.92. The maximum absolute atomic E-state index is 11.5. The first-order valence-electron chi connectivity index (χ1n) is 5.09. The molecule has 82 valence electrons. The number of benzene rings is 1. The zero-order valence-electron chi connectivity index (χ0n) is 9.57. The Hall–Kier alpha value is -1.90. The summed E-state index contributed by atoms with van der Waals surface area (Å²) in [5.41, 5.74) is 2.12. The molecule has 0 atom stereocenters. The van der Waals surface area contributed by atoms with Crippen LogP contribution in [0.5, 0.6) is 0 Å². The van der Waals surface area contributed by atoms with Gasteiger partial charge >= 0.3 is 5.97 Å². The van der Waals surface area contributed by atoms with E-state index < -0.39 is 0 Å². The van der Waals surface area contributed by atoms with Crippen molar-refractivity contribution in [3.05, 3.63) is 41.2 Å². The molecule has 0 amide bonds. The van der Waals surface area contributed by atoms with Gasteiger partial charge in [-0.05, 0) is 24.8 Å².